The Labute approximate surface area is 137 Å². The number of carbonyl (C=O) groups is 4. The summed E-state index contributed by atoms with van der Waals surface area (Å²) in [6, 6.07) is 9.03. The van der Waals surface area contributed by atoms with Gasteiger partial charge in [-0.25, -0.2) is 9.59 Å². The quantitative estimate of drug-likeness (QED) is 0.371. The molecule has 9 nitrogen and oxygen atoms in total. The van der Waals surface area contributed by atoms with Crippen LogP contribution < -0.4 is 10.6 Å². The van der Waals surface area contributed by atoms with Gasteiger partial charge in [0.05, 0.1) is 6.67 Å². The van der Waals surface area contributed by atoms with Crippen molar-refractivity contribution >= 4 is 24.1 Å². The number of esters is 1. The zero-order valence-corrected chi connectivity index (χ0v) is 12.8. The molecule has 0 saturated carbocycles. The summed E-state index contributed by atoms with van der Waals surface area (Å²) in [7, 11) is 0. The molecule has 0 aliphatic heterocycles. The molecule has 2 amide bonds. The van der Waals surface area contributed by atoms with Crippen molar-refractivity contribution in [1.82, 2.24) is 10.6 Å². The van der Waals surface area contributed by atoms with Crippen LogP contribution in [0.15, 0.2) is 30.3 Å². The summed E-state index contributed by atoms with van der Waals surface area (Å²) in [6.07, 6.45) is -2.09. The van der Waals surface area contributed by atoms with E-state index in [-0.39, 0.29) is 32.5 Å². The van der Waals surface area contributed by atoms with E-state index < -0.39 is 24.1 Å². The number of carbonyl (C=O) groups excluding carboxylic acids is 3. The monoisotopic (exact) mass is 338 g/mol. The molecule has 24 heavy (non-hydrogen) atoms. The first-order valence-electron chi connectivity index (χ1n) is 7.12. The van der Waals surface area contributed by atoms with Gasteiger partial charge in [0.1, 0.15) is 6.61 Å². The average Bonchev–Trinajstić information content (AvgIpc) is 2.53. The van der Waals surface area contributed by atoms with Crippen molar-refractivity contribution in [2.75, 3.05) is 6.67 Å². The Morgan fingerprint density at radius 1 is 0.958 bits per heavy atom. The Kier molecular flexibility index (Phi) is 8.37. The Balaban J connectivity index is 2.10. The first-order chi connectivity index (χ1) is 11.5. The number of hydrogen-bond acceptors (Lipinski definition) is 6. The lowest BCUT2D eigenvalue weighted by Crippen LogP contribution is -2.38. The zero-order valence-electron chi connectivity index (χ0n) is 12.8. The van der Waals surface area contributed by atoms with Gasteiger partial charge >= 0.3 is 24.1 Å². The van der Waals surface area contributed by atoms with Crippen molar-refractivity contribution in [3.05, 3.63) is 35.9 Å². The van der Waals surface area contributed by atoms with Crippen molar-refractivity contribution in [3.8, 4) is 0 Å². The van der Waals surface area contributed by atoms with Crippen LogP contribution in [0.3, 0.4) is 0 Å². The number of amides is 2. The summed E-state index contributed by atoms with van der Waals surface area (Å²) in [5, 5.41) is 12.8. The fourth-order valence-electron chi connectivity index (χ4n) is 1.54. The molecule has 0 atom stereocenters. The van der Waals surface area contributed by atoms with Crippen molar-refractivity contribution in [2.24, 2.45) is 0 Å². The second-order valence-electron chi connectivity index (χ2n) is 4.60. The van der Waals surface area contributed by atoms with Gasteiger partial charge in [-0.2, -0.15) is 0 Å². The number of aliphatic carboxylic acids is 1. The summed E-state index contributed by atoms with van der Waals surface area (Å²) in [6.45, 7) is -0.200. The fourth-order valence-corrected chi connectivity index (χ4v) is 1.54. The van der Waals surface area contributed by atoms with E-state index in [2.05, 4.69) is 15.4 Å². The van der Waals surface area contributed by atoms with E-state index >= 15 is 0 Å². The lowest BCUT2D eigenvalue weighted by molar-refractivity contribution is -0.138. The highest BCUT2D eigenvalue weighted by atomic mass is 16.6. The standard InChI is InChI=1S/C15H18N2O7/c18-12(19)7-4-8-13(20)24-15(22)17-10-16-14(21)23-9-11-5-2-1-3-6-11/h1-3,5-6H,4,7-10H2,(H,16,21)(H,17,22)(H,18,19). The van der Waals surface area contributed by atoms with Gasteiger partial charge < -0.3 is 25.2 Å². The van der Waals surface area contributed by atoms with Crippen LogP contribution in [0.4, 0.5) is 9.59 Å². The third-order valence-electron chi connectivity index (χ3n) is 2.66. The zero-order chi connectivity index (χ0) is 17.8. The highest BCUT2D eigenvalue weighted by Crippen LogP contribution is 2.00. The molecule has 0 saturated heterocycles. The van der Waals surface area contributed by atoms with Gasteiger partial charge in [-0.05, 0) is 12.0 Å². The van der Waals surface area contributed by atoms with Crippen LogP contribution in [0.25, 0.3) is 0 Å². The topological polar surface area (TPSA) is 131 Å². The van der Waals surface area contributed by atoms with Crippen LogP contribution in [0.2, 0.25) is 0 Å². The SMILES string of the molecule is O=C(O)CCCC(=O)OC(=O)NCNC(=O)OCc1ccccc1. The Hall–Kier alpha value is -3.10. The highest BCUT2D eigenvalue weighted by Gasteiger charge is 2.11. The summed E-state index contributed by atoms with van der Waals surface area (Å²) in [4.78, 5) is 44.1. The predicted molar refractivity (Wildman–Crippen MR) is 80.7 cm³/mol. The molecular weight excluding hydrogens is 320 g/mol. The smallest absolute Gasteiger partial charge is 0.416 e. The minimum atomic E-state index is -1.04. The molecule has 1 aromatic carbocycles. The first-order valence-corrected chi connectivity index (χ1v) is 7.12. The third-order valence-corrected chi connectivity index (χ3v) is 2.66. The molecular formula is C15H18N2O7. The van der Waals surface area contributed by atoms with Crippen LogP contribution in [0.5, 0.6) is 0 Å². The van der Waals surface area contributed by atoms with E-state index in [9.17, 15) is 19.2 Å². The van der Waals surface area contributed by atoms with E-state index in [1.54, 1.807) is 12.1 Å². The van der Waals surface area contributed by atoms with Gasteiger partial charge in [0.25, 0.3) is 0 Å². The van der Waals surface area contributed by atoms with Gasteiger partial charge in [0, 0.05) is 12.8 Å². The van der Waals surface area contributed by atoms with Crippen LogP contribution >= 0.6 is 0 Å². The molecule has 0 bridgehead atoms. The van der Waals surface area contributed by atoms with Crippen molar-refractivity contribution in [3.63, 3.8) is 0 Å². The average molecular weight is 338 g/mol. The number of ether oxygens (including phenoxy) is 2. The molecule has 0 spiro atoms. The molecule has 130 valence electrons. The molecule has 0 aliphatic rings. The molecule has 0 radical (unpaired) electrons. The number of carboxylic acids is 1. The van der Waals surface area contributed by atoms with Gasteiger partial charge in [-0.3, -0.25) is 9.59 Å². The minimum Gasteiger partial charge on any atom is -0.481 e. The van der Waals surface area contributed by atoms with Crippen LogP contribution in [-0.4, -0.2) is 35.9 Å². The number of alkyl carbamates (subject to hydrolysis) is 2. The van der Waals surface area contributed by atoms with Crippen molar-refractivity contribution in [2.45, 2.75) is 25.9 Å². The third kappa shape index (κ3) is 9.03. The molecule has 0 fully saturated rings. The van der Waals surface area contributed by atoms with Gasteiger partial charge in [0.2, 0.25) is 0 Å². The molecule has 0 unspecified atom stereocenters. The summed E-state index contributed by atoms with van der Waals surface area (Å²) < 4.78 is 9.27. The Morgan fingerprint density at radius 2 is 1.62 bits per heavy atom. The van der Waals surface area contributed by atoms with Gasteiger partial charge in [-0.15, -0.1) is 0 Å². The summed E-state index contributed by atoms with van der Waals surface area (Å²) in [5.41, 5.74) is 0.812. The number of nitrogens with one attached hydrogen (secondary N) is 2. The molecule has 0 heterocycles. The lowest BCUT2D eigenvalue weighted by Gasteiger charge is -2.08. The van der Waals surface area contributed by atoms with E-state index in [0.29, 0.717) is 0 Å². The maximum atomic E-state index is 11.4. The van der Waals surface area contributed by atoms with Crippen LogP contribution in [-0.2, 0) is 25.7 Å². The summed E-state index contributed by atoms with van der Waals surface area (Å²) in [5.74, 6) is -1.88. The lowest BCUT2D eigenvalue weighted by atomic mass is 10.2. The molecule has 3 N–H and O–H groups in total. The van der Waals surface area contributed by atoms with Crippen molar-refractivity contribution < 1.29 is 33.8 Å². The second-order valence-corrected chi connectivity index (χ2v) is 4.60. The normalized spacial score (nSPS) is 9.67. The van der Waals surface area contributed by atoms with E-state index in [4.69, 9.17) is 9.84 Å². The van der Waals surface area contributed by atoms with Crippen molar-refractivity contribution in [1.29, 1.82) is 0 Å². The highest BCUT2D eigenvalue weighted by molar-refractivity contribution is 5.84. The maximum Gasteiger partial charge on any atom is 0.416 e. The number of rotatable bonds is 8. The van der Waals surface area contributed by atoms with E-state index in [1.807, 2.05) is 18.2 Å². The van der Waals surface area contributed by atoms with E-state index in [0.717, 1.165) is 5.56 Å². The Morgan fingerprint density at radius 3 is 2.29 bits per heavy atom. The van der Waals surface area contributed by atoms with Crippen LogP contribution in [0.1, 0.15) is 24.8 Å². The molecule has 0 aliphatic carbocycles. The predicted octanol–water partition coefficient (Wildman–Crippen LogP) is 1.38. The minimum absolute atomic E-state index is 0.0749. The second kappa shape index (κ2) is 10.6. The molecule has 0 aromatic heterocycles. The van der Waals surface area contributed by atoms with E-state index in [1.165, 1.54) is 0 Å². The largest absolute Gasteiger partial charge is 0.481 e. The fraction of sp³-hybridized carbons (Fsp3) is 0.333. The van der Waals surface area contributed by atoms with Gasteiger partial charge in [0.15, 0.2) is 0 Å². The molecule has 1 aromatic rings. The van der Waals surface area contributed by atoms with Crippen LogP contribution in [0, 0.1) is 0 Å². The number of carboxylic acid groups (broad SMARTS) is 1. The first kappa shape index (κ1) is 18.9. The maximum absolute atomic E-state index is 11.4. The Bertz CT molecular complexity index is 574. The molecule has 9 heteroatoms. The number of hydrogen-bond donors (Lipinski definition) is 3. The number of benzene rings is 1. The van der Waals surface area contributed by atoms with Gasteiger partial charge in [-0.1, -0.05) is 30.3 Å². The summed E-state index contributed by atoms with van der Waals surface area (Å²) >= 11 is 0. The molecule has 1 rings (SSSR count).